The van der Waals surface area contributed by atoms with Crippen LogP contribution in [-0.2, 0) is 6.54 Å². The van der Waals surface area contributed by atoms with Gasteiger partial charge in [-0.15, -0.1) is 0 Å². The summed E-state index contributed by atoms with van der Waals surface area (Å²) in [5.74, 6) is 1.56. The van der Waals surface area contributed by atoms with Crippen molar-refractivity contribution in [3.8, 4) is 11.5 Å². The first kappa shape index (κ1) is 8.34. The Bertz CT molecular complexity index is 408. The van der Waals surface area contributed by atoms with E-state index in [0.29, 0.717) is 22.6 Å². The Morgan fingerprint density at radius 1 is 1.31 bits per heavy atom. The molecule has 13 heavy (non-hydrogen) atoms. The lowest BCUT2D eigenvalue weighted by molar-refractivity contribution is 0.484. The maximum absolute atomic E-state index is 5.60. The molecular formula is C8H7ClN2O2. The molecule has 0 bridgehead atoms. The topological polar surface area (TPSA) is 65.2 Å². The number of rotatable bonds is 2. The van der Waals surface area contributed by atoms with E-state index in [1.165, 1.54) is 0 Å². The molecule has 0 fully saturated rings. The third-order valence-corrected chi connectivity index (χ3v) is 1.75. The first-order valence-electron chi connectivity index (χ1n) is 3.70. The van der Waals surface area contributed by atoms with Crippen molar-refractivity contribution < 1.29 is 8.83 Å². The van der Waals surface area contributed by atoms with Gasteiger partial charge < -0.3 is 14.6 Å². The van der Waals surface area contributed by atoms with E-state index in [0.717, 1.165) is 0 Å². The molecule has 0 saturated carbocycles. The van der Waals surface area contributed by atoms with Crippen molar-refractivity contribution >= 4 is 11.6 Å². The second-order valence-corrected chi connectivity index (χ2v) is 2.80. The Morgan fingerprint density at radius 3 is 2.69 bits per heavy atom. The van der Waals surface area contributed by atoms with Gasteiger partial charge in [-0.25, -0.2) is 4.98 Å². The van der Waals surface area contributed by atoms with Gasteiger partial charge in [-0.3, -0.25) is 0 Å². The fourth-order valence-electron chi connectivity index (χ4n) is 0.965. The Kier molecular flexibility index (Phi) is 2.08. The molecule has 5 heteroatoms. The summed E-state index contributed by atoms with van der Waals surface area (Å²) in [5.41, 5.74) is 5.33. The fourth-order valence-corrected chi connectivity index (χ4v) is 1.11. The van der Waals surface area contributed by atoms with Crippen molar-refractivity contribution in [2.75, 3.05) is 0 Å². The van der Waals surface area contributed by atoms with Gasteiger partial charge in [0.2, 0.25) is 5.89 Å². The van der Waals surface area contributed by atoms with E-state index in [1.54, 1.807) is 18.3 Å². The molecule has 68 valence electrons. The van der Waals surface area contributed by atoms with Crippen LogP contribution in [0.2, 0.25) is 5.22 Å². The normalized spacial score (nSPS) is 10.6. The van der Waals surface area contributed by atoms with Crippen LogP contribution < -0.4 is 5.73 Å². The summed E-state index contributed by atoms with van der Waals surface area (Å²) in [7, 11) is 0. The smallest absolute Gasteiger partial charge is 0.208 e. The molecule has 0 amide bonds. The lowest BCUT2D eigenvalue weighted by atomic mass is 10.4. The Labute approximate surface area is 79.3 Å². The standard InChI is InChI=1S/C8H7ClN2O2/c9-7-2-1-5(12-7)6-4-11-8(3-10)13-6/h1-2,4H,3,10H2. The van der Waals surface area contributed by atoms with Gasteiger partial charge in [-0.1, -0.05) is 0 Å². The molecular weight excluding hydrogens is 192 g/mol. The van der Waals surface area contributed by atoms with E-state index in [4.69, 9.17) is 26.2 Å². The van der Waals surface area contributed by atoms with Crippen molar-refractivity contribution in [2.45, 2.75) is 6.54 Å². The predicted octanol–water partition coefficient (Wildman–Crippen LogP) is 2.05. The molecule has 0 radical (unpaired) electrons. The summed E-state index contributed by atoms with van der Waals surface area (Å²) >= 11 is 5.60. The molecule has 2 aromatic heterocycles. The van der Waals surface area contributed by atoms with Gasteiger partial charge in [0.25, 0.3) is 0 Å². The monoisotopic (exact) mass is 198 g/mol. The zero-order valence-corrected chi connectivity index (χ0v) is 7.41. The Morgan fingerprint density at radius 2 is 2.15 bits per heavy atom. The van der Waals surface area contributed by atoms with Crippen LogP contribution in [0.15, 0.2) is 27.2 Å². The predicted molar refractivity (Wildman–Crippen MR) is 47.1 cm³/mol. The summed E-state index contributed by atoms with van der Waals surface area (Å²) in [6.45, 7) is 0.272. The maximum Gasteiger partial charge on any atom is 0.208 e. The van der Waals surface area contributed by atoms with Gasteiger partial charge in [0.15, 0.2) is 16.7 Å². The van der Waals surface area contributed by atoms with Crippen LogP contribution >= 0.6 is 11.6 Å². The second kappa shape index (κ2) is 3.24. The molecule has 4 nitrogen and oxygen atoms in total. The second-order valence-electron chi connectivity index (χ2n) is 2.43. The Balaban J connectivity index is 2.35. The van der Waals surface area contributed by atoms with Crippen molar-refractivity contribution in [1.29, 1.82) is 0 Å². The molecule has 0 aliphatic heterocycles. The summed E-state index contributed by atoms with van der Waals surface area (Å²) in [6.07, 6.45) is 1.55. The van der Waals surface area contributed by atoms with Crippen LogP contribution in [0.1, 0.15) is 5.89 Å². The molecule has 2 N–H and O–H groups in total. The third-order valence-electron chi connectivity index (χ3n) is 1.54. The van der Waals surface area contributed by atoms with Crippen LogP contribution in [0.5, 0.6) is 0 Å². The first-order chi connectivity index (χ1) is 6.29. The lowest BCUT2D eigenvalue weighted by Gasteiger charge is -1.87. The van der Waals surface area contributed by atoms with Crippen LogP contribution in [0.4, 0.5) is 0 Å². The minimum absolute atomic E-state index is 0.272. The quantitative estimate of drug-likeness (QED) is 0.802. The summed E-state index contributed by atoms with van der Waals surface area (Å²) in [5, 5.41) is 0.320. The number of hydrogen-bond acceptors (Lipinski definition) is 4. The van der Waals surface area contributed by atoms with Crippen molar-refractivity contribution in [3.05, 3.63) is 29.4 Å². The van der Waals surface area contributed by atoms with Crippen molar-refractivity contribution in [2.24, 2.45) is 5.73 Å². The fraction of sp³-hybridized carbons (Fsp3) is 0.125. The average Bonchev–Trinajstić information content (AvgIpc) is 2.71. The van der Waals surface area contributed by atoms with Gasteiger partial charge in [-0.05, 0) is 23.7 Å². The zero-order chi connectivity index (χ0) is 9.26. The Hall–Kier alpha value is -1.26. The highest BCUT2D eigenvalue weighted by molar-refractivity contribution is 6.28. The molecule has 0 aromatic carbocycles. The molecule has 2 rings (SSSR count). The third kappa shape index (κ3) is 1.59. The van der Waals surface area contributed by atoms with Gasteiger partial charge in [0.05, 0.1) is 12.7 Å². The highest BCUT2D eigenvalue weighted by Crippen LogP contribution is 2.24. The van der Waals surface area contributed by atoms with E-state index in [-0.39, 0.29) is 6.54 Å². The van der Waals surface area contributed by atoms with E-state index in [2.05, 4.69) is 4.98 Å². The lowest BCUT2D eigenvalue weighted by Crippen LogP contribution is -1.94. The van der Waals surface area contributed by atoms with Gasteiger partial charge in [0, 0.05) is 0 Å². The van der Waals surface area contributed by atoms with Crippen LogP contribution in [0.25, 0.3) is 11.5 Å². The van der Waals surface area contributed by atoms with Crippen LogP contribution in [-0.4, -0.2) is 4.98 Å². The van der Waals surface area contributed by atoms with E-state index < -0.39 is 0 Å². The minimum atomic E-state index is 0.272. The highest BCUT2D eigenvalue weighted by Gasteiger charge is 2.08. The minimum Gasteiger partial charge on any atom is -0.441 e. The summed E-state index contributed by atoms with van der Waals surface area (Å²) < 4.78 is 10.4. The number of aromatic nitrogens is 1. The molecule has 0 aliphatic carbocycles. The van der Waals surface area contributed by atoms with Crippen LogP contribution in [0, 0.1) is 0 Å². The molecule has 2 heterocycles. The van der Waals surface area contributed by atoms with Gasteiger partial charge in [0.1, 0.15) is 0 Å². The molecule has 0 saturated heterocycles. The van der Waals surface area contributed by atoms with Crippen molar-refractivity contribution in [1.82, 2.24) is 4.98 Å². The van der Waals surface area contributed by atoms with E-state index >= 15 is 0 Å². The number of halogens is 1. The molecule has 0 atom stereocenters. The first-order valence-corrected chi connectivity index (χ1v) is 4.08. The number of furan rings is 1. The summed E-state index contributed by atoms with van der Waals surface area (Å²) in [4.78, 5) is 3.93. The number of nitrogens with zero attached hydrogens (tertiary/aromatic N) is 1. The SMILES string of the molecule is NCc1ncc(-c2ccc(Cl)o2)o1. The highest BCUT2D eigenvalue weighted by atomic mass is 35.5. The zero-order valence-electron chi connectivity index (χ0n) is 6.66. The van der Waals surface area contributed by atoms with Crippen molar-refractivity contribution in [3.63, 3.8) is 0 Å². The number of oxazole rings is 1. The number of hydrogen-bond donors (Lipinski definition) is 1. The molecule has 2 aromatic rings. The van der Waals surface area contributed by atoms with Gasteiger partial charge >= 0.3 is 0 Å². The molecule has 0 unspecified atom stereocenters. The molecule has 0 aliphatic rings. The molecule has 0 spiro atoms. The van der Waals surface area contributed by atoms with Gasteiger partial charge in [-0.2, -0.15) is 0 Å². The summed E-state index contributed by atoms with van der Waals surface area (Å²) in [6, 6.07) is 3.35. The maximum atomic E-state index is 5.60. The average molecular weight is 199 g/mol. The van der Waals surface area contributed by atoms with E-state index in [9.17, 15) is 0 Å². The number of nitrogens with two attached hydrogens (primary N) is 1. The van der Waals surface area contributed by atoms with E-state index in [1.807, 2.05) is 0 Å². The largest absolute Gasteiger partial charge is 0.441 e. The van der Waals surface area contributed by atoms with Crippen LogP contribution in [0.3, 0.4) is 0 Å².